The number of rotatable bonds is 7. The average Bonchev–Trinajstić information content (AvgIpc) is 3.28. The van der Waals surface area contributed by atoms with Crippen LogP contribution in [0, 0.1) is 5.92 Å². The van der Waals surface area contributed by atoms with E-state index < -0.39 is 0 Å². The molecule has 1 aromatic carbocycles. The number of hydrogen-bond donors (Lipinski definition) is 2. The molecular weight excluding hydrogens is 378 g/mol. The molecule has 2 heterocycles. The van der Waals surface area contributed by atoms with E-state index in [1.165, 1.54) is 21.6 Å². The normalized spacial score (nSPS) is 15.8. The van der Waals surface area contributed by atoms with E-state index in [1.807, 2.05) is 0 Å². The van der Waals surface area contributed by atoms with Crippen molar-refractivity contribution in [2.45, 2.75) is 71.9 Å². The molecule has 2 atom stereocenters. The summed E-state index contributed by atoms with van der Waals surface area (Å²) in [5.74, 6) is 1.75. The second kappa shape index (κ2) is 8.41. The Labute approximate surface area is 176 Å². The van der Waals surface area contributed by atoms with Crippen molar-refractivity contribution in [1.29, 1.82) is 0 Å². The van der Waals surface area contributed by atoms with E-state index >= 15 is 0 Å². The van der Waals surface area contributed by atoms with E-state index in [-0.39, 0.29) is 11.6 Å². The Morgan fingerprint density at radius 3 is 2.55 bits per heavy atom. The zero-order chi connectivity index (χ0) is 20.5. The molecule has 0 spiro atoms. The molecule has 0 saturated heterocycles. The number of aromatic amines is 1. The van der Waals surface area contributed by atoms with Crippen LogP contribution in [0.15, 0.2) is 29.1 Å². The molecule has 0 amide bonds. The van der Waals surface area contributed by atoms with Gasteiger partial charge in [0, 0.05) is 10.9 Å². The zero-order valence-electron chi connectivity index (χ0n) is 17.8. The number of aromatic nitrogens is 2. The van der Waals surface area contributed by atoms with Crippen LogP contribution in [-0.4, -0.2) is 9.97 Å². The molecule has 0 unspecified atom stereocenters. The fourth-order valence-corrected chi connectivity index (χ4v) is 5.62. The summed E-state index contributed by atoms with van der Waals surface area (Å²) in [7, 11) is 0. The summed E-state index contributed by atoms with van der Waals surface area (Å²) < 4.78 is 0. The van der Waals surface area contributed by atoms with Crippen molar-refractivity contribution < 1.29 is 0 Å². The van der Waals surface area contributed by atoms with Gasteiger partial charge in [-0.05, 0) is 54.2 Å². The summed E-state index contributed by atoms with van der Waals surface area (Å²) in [6.45, 7) is 9.51. The summed E-state index contributed by atoms with van der Waals surface area (Å²) >= 11 is 1.70. The van der Waals surface area contributed by atoms with Gasteiger partial charge < -0.3 is 10.3 Å². The van der Waals surface area contributed by atoms with Crippen molar-refractivity contribution in [3.8, 4) is 0 Å². The molecule has 2 aromatic heterocycles. The largest absolute Gasteiger partial charge is 0.309 e. The Kier molecular flexibility index (Phi) is 5.88. The van der Waals surface area contributed by atoms with E-state index in [0.29, 0.717) is 18.4 Å². The fraction of sp³-hybridized carbons (Fsp3) is 0.500. The van der Waals surface area contributed by atoms with Crippen LogP contribution in [0.5, 0.6) is 0 Å². The molecule has 4 nitrogen and oxygen atoms in total. The van der Waals surface area contributed by atoms with Crippen LogP contribution in [-0.2, 0) is 19.4 Å². The maximum atomic E-state index is 12.7. The maximum absolute atomic E-state index is 12.7. The van der Waals surface area contributed by atoms with Gasteiger partial charge in [0.25, 0.3) is 5.56 Å². The van der Waals surface area contributed by atoms with Crippen molar-refractivity contribution in [2.75, 3.05) is 0 Å². The summed E-state index contributed by atoms with van der Waals surface area (Å²) in [5.41, 5.74) is 3.93. The van der Waals surface area contributed by atoms with Gasteiger partial charge in [0.15, 0.2) is 0 Å². The van der Waals surface area contributed by atoms with Crippen LogP contribution in [0.3, 0.4) is 0 Å². The Morgan fingerprint density at radius 1 is 1.14 bits per heavy atom. The second-order valence-electron chi connectivity index (χ2n) is 8.63. The van der Waals surface area contributed by atoms with Gasteiger partial charge in [0.2, 0.25) is 0 Å². The first-order chi connectivity index (χ1) is 14.0. The first-order valence-electron chi connectivity index (χ1n) is 10.8. The molecule has 0 radical (unpaired) electrons. The first-order valence-corrected chi connectivity index (χ1v) is 11.7. The molecule has 0 fully saturated rings. The van der Waals surface area contributed by atoms with Gasteiger partial charge in [-0.3, -0.25) is 4.79 Å². The Balaban J connectivity index is 1.53. The van der Waals surface area contributed by atoms with Gasteiger partial charge in [0.05, 0.1) is 11.9 Å². The van der Waals surface area contributed by atoms with Gasteiger partial charge in [-0.15, -0.1) is 11.3 Å². The highest BCUT2D eigenvalue weighted by molar-refractivity contribution is 7.18. The SMILES string of the molecule is CC[C@H](C)c1ccc([C@@H](NCc2nc3sc4c(c3c(=O)[nH]2)CCC4)C(C)C)cc1. The maximum Gasteiger partial charge on any atom is 0.259 e. The number of hydrogen-bond acceptors (Lipinski definition) is 4. The van der Waals surface area contributed by atoms with E-state index in [0.717, 1.165) is 41.7 Å². The molecule has 3 aromatic rings. The molecule has 154 valence electrons. The van der Waals surface area contributed by atoms with E-state index in [4.69, 9.17) is 4.98 Å². The van der Waals surface area contributed by atoms with Gasteiger partial charge >= 0.3 is 0 Å². The van der Waals surface area contributed by atoms with Crippen molar-refractivity contribution in [3.05, 3.63) is 62.0 Å². The van der Waals surface area contributed by atoms with Crippen molar-refractivity contribution in [3.63, 3.8) is 0 Å². The number of fused-ring (bicyclic) bond motifs is 3. The fourth-order valence-electron chi connectivity index (χ4n) is 4.34. The van der Waals surface area contributed by atoms with Crippen LogP contribution in [0.25, 0.3) is 10.2 Å². The first kappa shape index (κ1) is 20.3. The molecule has 0 saturated carbocycles. The van der Waals surface area contributed by atoms with Crippen LogP contribution in [0.2, 0.25) is 0 Å². The minimum Gasteiger partial charge on any atom is -0.309 e. The molecule has 0 aliphatic heterocycles. The molecule has 2 N–H and O–H groups in total. The third kappa shape index (κ3) is 4.03. The molecule has 1 aliphatic carbocycles. The van der Waals surface area contributed by atoms with Crippen LogP contribution < -0.4 is 10.9 Å². The number of benzene rings is 1. The lowest BCUT2D eigenvalue weighted by Crippen LogP contribution is -2.27. The van der Waals surface area contributed by atoms with Crippen molar-refractivity contribution in [2.24, 2.45) is 5.92 Å². The molecule has 29 heavy (non-hydrogen) atoms. The molecular formula is C24H31N3OS. The summed E-state index contributed by atoms with van der Waals surface area (Å²) in [5, 5.41) is 4.45. The molecule has 5 heteroatoms. The Hall–Kier alpha value is -1.98. The number of nitrogens with zero attached hydrogens (tertiary/aromatic N) is 1. The molecule has 0 bridgehead atoms. The third-order valence-corrected chi connectivity index (χ3v) is 7.44. The quantitative estimate of drug-likeness (QED) is 0.544. The van der Waals surface area contributed by atoms with Gasteiger partial charge in [-0.1, -0.05) is 52.0 Å². The summed E-state index contributed by atoms with van der Waals surface area (Å²) in [6, 6.07) is 9.19. The Bertz CT molecular complexity index is 1050. The van der Waals surface area contributed by atoms with E-state index in [2.05, 4.69) is 62.3 Å². The van der Waals surface area contributed by atoms with Crippen LogP contribution >= 0.6 is 11.3 Å². The lowest BCUT2D eigenvalue weighted by molar-refractivity contribution is 0.406. The standard InChI is InChI=1S/C24H31N3OS/c1-5-15(4)16-9-11-17(12-10-16)22(14(2)3)25-13-20-26-23(28)21-18-7-6-8-19(18)29-24(21)27-20/h9-12,14-15,22,25H,5-8,13H2,1-4H3,(H,26,27,28)/t15-,22-/m0/s1. The topological polar surface area (TPSA) is 57.8 Å². The number of nitrogens with one attached hydrogen (secondary N) is 2. The highest BCUT2D eigenvalue weighted by atomic mass is 32.1. The highest BCUT2D eigenvalue weighted by Crippen LogP contribution is 2.34. The second-order valence-corrected chi connectivity index (χ2v) is 9.71. The van der Waals surface area contributed by atoms with Crippen LogP contribution in [0.4, 0.5) is 0 Å². The van der Waals surface area contributed by atoms with E-state index in [9.17, 15) is 4.79 Å². The van der Waals surface area contributed by atoms with Crippen molar-refractivity contribution in [1.82, 2.24) is 15.3 Å². The smallest absolute Gasteiger partial charge is 0.259 e. The Morgan fingerprint density at radius 2 is 1.86 bits per heavy atom. The summed E-state index contributed by atoms with van der Waals surface area (Å²) in [4.78, 5) is 22.7. The summed E-state index contributed by atoms with van der Waals surface area (Å²) in [6.07, 6.45) is 4.41. The molecule has 4 rings (SSSR count). The minimum atomic E-state index is 0.0187. The zero-order valence-corrected chi connectivity index (χ0v) is 18.7. The predicted molar refractivity (Wildman–Crippen MR) is 122 cm³/mol. The highest BCUT2D eigenvalue weighted by Gasteiger charge is 2.22. The minimum absolute atomic E-state index is 0.0187. The lowest BCUT2D eigenvalue weighted by atomic mass is 9.92. The third-order valence-electron chi connectivity index (χ3n) is 6.26. The number of H-pyrrole nitrogens is 1. The number of aryl methyl sites for hydroxylation is 2. The van der Waals surface area contributed by atoms with E-state index in [1.54, 1.807) is 11.3 Å². The average molecular weight is 410 g/mol. The molecule has 1 aliphatic rings. The van der Waals surface area contributed by atoms with Gasteiger partial charge in [-0.25, -0.2) is 4.98 Å². The van der Waals surface area contributed by atoms with Crippen LogP contribution in [0.1, 0.15) is 79.9 Å². The monoisotopic (exact) mass is 409 g/mol. The lowest BCUT2D eigenvalue weighted by Gasteiger charge is -2.23. The van der Waals surface area contributed by atoms with Gasteiger partial charge in [0.1, 0.15) is 10.7 Å². The predicted octanol–water partition coefficient (Wildman–Crippen LogP) is 5.47. The van der Waals surface area contributed by atoms with Gasteiger partial charge in [-0.2, -0.15) is 0 Å². The van der Waals surface area contributed by atoms with Crippen molar-refractivity contribution >= 4 is 21.6 Å². The number of thiophene rings is 1.